The van der Waals surface area contributed by atoms with Crippen molar-refractivity contribution in [1.29, 1.82) is 0 Å². The summed E-state index contributed by atoms with van der Waals surface area (Å²) < 4.78 is 84.2. The Bertz CT molecular complexity index is 1850. The Morgan fingerprint density at radius 2 is 0.602 bits per heavy atom. The molecule has 3 aliphatic heterocycles. The van der Waals surface area contributed by atoms with E-state index in [1.807, 2.05) is 0 Å². The van der Waals surface area contributed by atoms with Gasteiger partial charge < -0.3 is 154 Å². The van der Waals surface area contributed by atoms with Gasteiger partial charge in [-0.3, -0.25) is 28.8 Å². The average Bonchev–Trinajstić information content (AvgIpc) is 0.883. The largest absolute Gasteiger partial charge is 0.394 e. The van der Waals surface area contributed by atoms with Crippen molar-refractivity contribution in [3.8, 4) is 0 Å². The van der Waals surface area contributed by atoms with Crippen LogP contribution in [0.2, 0.25) is 0 Å². The second kappa shape index (κ2) is 48.5. The SMILES string of the molecule is CNC(COCCC(=O)NCCOCCOCCO[C@@H]1OC(CO)[C@H](O)[C@@H](O)C1NC(C)=O)(COCCC(=O)NCCOCCOCCO[C@@H]1OC(CO)[C@H](O)[C@@H](O)C1NC(C)=O)COCCC(=O)NCCOCCOCCO[C@@H]1OC(CO)[C@H](O)[C@@H](O)C1NC(C)=O. The Labute approximate surface area is 539 Å². The molecule has 6 unspecified atom stereocenters. The molecule has 542 valence electrons. The van der Waals surface area contributed by atoms with Crippen LogP contribution in [-0.4, -0.2) is 364 Å². The first kappa shape index (κ1) is 83.0. The van der Waals surface area contributed by atoms with Crippen molar-refractivity contribution >= 4 is 35.4 Å². The van der Waals surface area contributed by atoms with Gasteiger partial charge in [0.05, 0.1) is 164 Å². The lowest BCUT2D eigenvalue weighted by atomic mass is 9.97. The summed E-state index contributed by atoms with van der Waals surface area (Å²) in [6.07, 6.45) is -15.4. The molecular formula is C56H103N7O30. The van der Waals surface area contributed by atoms with Gasteiger partial charge in [-0.1, -0.05) is 0 Å². The summed E-state index contributed by atoms with van der Waals surface area (Å²) in [7, 11) is 1.66. The van der Waals surface area contributed by atoms with Crippen LogP contribution in [0.25, 0.3) is 0 Å². The van der Waals surface area contributed by atoms with Gasteiger partial charge in [0.25, 0.3) is 0 Å². The number of likely N-dealkylation sites (N-methyl/N-ethyl adjacent to an activating group) is 1. The molecule has 3 saturated heterocycles. The number of aliphatic hydroxyl groups excluding tert-OH is 9. The molecule has 37 heteroatoms. The van der Waals surface area contributed by atoms with Crippen molar-refractivity contribution in [3.63, 3.8) is 0 Å². The fraction of sp³-hybridized carbons (Fsp3) is 0.893. The lowest BCUT2D eigenvalue weighted by Gasteiger charge is -2.42. The van der Waals surface area contributed by atoms with E-state index in [2.05, 4.69) is 37.2 Å². The number of rotatable bonds is 52. The summed E-state index contributed by atoms with van der Waals surface area (Å²) in [6, 6.07) is -3.23. The van der Waals surface area contributed by atoms with Crippen LogP contribution >= 0.6 is 0 Å². The van der Waals surface area contributed by atoms with E-state index in [0.717, 1.165) is 0 Å². The third-order valence-corrected chi connectivity index (χ3v) is 14.2. The number of ether oxygens (including phenoxy) is 15. The first-order valence-corrected chi connectivity index (χ1v) is 30.9. The van der Waals surface area contributed by atoms with Crippen molar-refractivity contribution in [2.24, 2.45) is 0 Å². The van der Waals surface area contributed by atoms with E-state index in [9.17, 15) is 74.7 Å². The number of nitrogens with one attached hydrogen (secondary N) is 7. The van der Waals surface area contributed by atoms with Crippen LogP contribution in [0.5, 0.6) is 0 Å². The number of amides is 6. The van der Waals surface area contributed by atoms with Crippen molar-refractivity contribution < 1.29 is 146 Å². The van der Waals surface area contributed by atoms with Crippen LogP contribution < -0.4 is 37.2 Å². The average molecular weight is 1350 g/mol. The minimum atomic E-state index is -1.44. The molecule has 37 nitrogen and oxygen atoms in total. The Morgan fingerprint density at radius 1 is 0.355 bits per heavy atom. The van der Waals surface area contributed by atoms with Gasteiger partial charge in [-0.25, -0.2) is 0 Å². The minimum absolute atomic E-state index is 0.00134. The van der Waals surface area contributed by atoms with E-state index in [4.69, 9.17) is 71.1 Å². The van der Waals surface area contributed by atoms with Crippen LogP contribution in [0.15, 0.2) is 0 Å². The molecule has 0 bridgehead atoms. The first-order chi connectivity index (χ1) is 44.7. The standard InChI is InChI=1S/C56H103N7O30/c1-35(67)61-44-50(76)47(73)38(29-64)91-53(44)88-26-23-82-20-17-79-14-8-58-41(70)5-11-85-32-56(57-4,33-86-12-6-42(71)59-9-15-80-18-21-83-24-27-89-54-45(62-36(2)68)51(77)48(74)39(30-65)92-54)34-87-13-7-43(72)60-10-16-81-19-22-84-25-28-90-55-46(63-37(3)69)52(78)49(75)40(31-66)93-55/h38-40,44-55,57,64-66,73-78H,5-34H2,1-4H3,(H,58,70)(H,59,71)(H,60,72)(H,61,67)(H,62,68)(H,63,69)/t38?,39?,40?,44?,45?,46?,47-,48-,49-,50-,51-,52-,53+,54+,55+,56?/m0/s1. The molecule has 3 aliphatic rings. The minimum Gasteiger partial charge on any atom is -0.394 e. The Kier molecular flexibility index (Phi) is 43.3. The van der Waals surface area contributed by atoms with Crippen LogP contribution in [0, 0.1) is 0 Å². The highest BCUT2D eigenvalue weighted by atomic mass is 16.7. The molecule has 0 saturated carbocycles. The Balaban J connectivity index is 1.33. The molecule has 16 N–H and O–H groups in total. The molecule has 0 spiro atoms. The molecule has 0 aromatic heterocycles. The number of hydrogen-bond acceptors (Lipinski definition) is 31. The monoisotopic (exact) mass is 1350 g/mol. The van der Waals surface area contributed by atoms with Gasteiger partial charge in [-0.05, 0) is 7.05 Å². The maximum atomic E-state index is 12.7. The number of hydrogen-bond donors (Lipinski definition) is 16. The second-order valence-electron chi connectivity index (χ2n) is 21.6. The Hall–Kier alpha value is -4.18. The first-order valence-electron chi connectivity index (χ1n) is 30.9. The highest BCUT2D eigenvalue weighted by molar-refractivity contribution is 5.77. The number of aliphatic hydroxyl groups is 9. The van der Waals surface area contributed by atoms with Crippen LogP contribution in [0.1, 0.15) is 40.0 Å². The number of carbonyl (C=O) groups is 6. The lowest BCUT2D eigenvalue weighted by molar-refractivity contribution is -0.272. The highest BCUT2D eigenvalue weighted by Gasteiger charge is 2.48. The fourth-order valence-corrected chi connectivity index (χ4v) is 9.17. The topological polar surface area (TPSA) is 507 Å². The lowest BCUT2D eigenvalue weighted by Crippen LogP contribution is -2.64. The van der Waals surface area contributed by atoms with Gasteiger partial charge in [0, 0.05) is 59.7 Å². The Morgan fingerprint density at radius 3 is 0.839 bits per heavy atom. The van der Waals surface area contributed by atoms with Crippen molar-refractivity contribution in [3.05, 3.63) is 0 Å². The molecule has 3 heterocycles. The third kappa shape index (κ3) is 33.1. The van der Waals surface area contributed by atoms with Crippen molar-refractivity contribution in [2.75, 3.05) is 185 Å². The summed E-state index contributed by atoms with van der Waals surface area (Å²) in [6.45, 7) is 4.53. The number of carbonyl (C=O) groups excluding carboxylic acids is 6. The van der Waals surface area contributed by atoms with Gasteiger partial charge in [0.1, 0.15) is 73.1 Å². The van der Waals surface area contributed by atoms with Gasteiger partial charge in [-0.15, -0.1) is 0 Å². The van der Waals surface area contributed by atoms with Gasteiger partial charge >= 0.3 is 0 Å². The van der Waals surface area contributed by atoms with E-state index in [0.29, 0.717) is 0 Å². The normalized spacial score (nSPS) is 27.0. The summed E-state index contributed by atoms with van der Waals surface area (Å²) >= 11 is 0. The van der Waals surface area contributed by atoms with E-state index < -0.39 is 135 Å². The van der Waals surface area contributed by atoms with Gasteiger partial charge in [0.15, 0.2) is 18.9 Å². The highest BCUT2D eigenvalue weighted by Crippen LogP contribution is 2.25. The van der Waals surface area contributed by atoms with Crippen molar-refractivity contribution in [1.82, 2.24) is 37.2 Å². The maximum absolute atomic E-state index is 12.7. The van der Waals surface area contributed by atoms with E-state index >= 15 is 0 Å². The molecule has 0 aromatic rings. The maximum Gasteiger partial charge on any atom is 0.222 e. The molecule has 15 atom stereocenters. The van der Waals surface area contributed by atoms with E-state index in [-0.39, 0.29) is 195 Å². The molecular weight excluding hydrogens is 1250 g/mol. The van der Waals surface area contributed by atoms with Crippen molar-refractivity contribution in [2.45, 2.75) is 138 Å². The zero-order chi connectivity index (χ0) is 68.4. The van der Waals surface area contributed by atoms with E-state index in [1.54, 1.807) is 7.05 Å². The molecule has 0 aliphatic carbocycles. The van der Waals surface area contributed by atoms with Crippen LogP contribution in [-0.2, 0) is 99.8 Å². The molecule has 93 heavy (non-hydrogen) atoms. The van der Waals surface area contributed by atoms with Crippen LogP contribution in [0.4, 0.5) is 0 Å². The van der Waals surface area contributed by atoms with E-state index in [1.165, 1.54) is 20.8 Å². The smallest absolute Gasteiger partial charge is 0.222 e. The van der Waals surface area contributed by atoms with Gasteiger partial charge in [-0.2, -0.15) is 0 Å². The predicted molar refractivity (Wildman–Crippen MR) is 316 cm³/mol. The fourth-order valence-electron chi connectivity index (χ4n) is 9.17. The quantitative estimate of drug-likeness (QED) is 0.0252. The third-order valence-electron chi connectivity index (χ3n) is 14.2. The zero-order valence-electron chi connectivity index (χ0n) is 53.5. The molecule has 3 fully saturated rings. The molecule has 3 rings (SSSR count). The second-order valence-corrected chi connectivity index (χ2v) is 21.6. The molecule has 0 radical (unpaired) electrons. The van der Waals surface area contributed by atoms with Gasteiger partial charge in [0.2, 0.25) is 35.4 Å². The predicted octanol–water partition coefficient (Wildman–Crippen LogP) is -9.51. The molecule has 6 amide bonds. The summed E-state index contributed by atoms with van der Waals surface area (Å²) in [5.41, 5.74) is -0.981. The summed E-state index contributed by atoms with van der Waals surface area (Å²) in [5.74, 6) is -2.36. The summed E-state index contributed by atoms with van der Waals surface area (Å²) in [5, 5.41) is 109. The summed E-state index contributed by atoms with van der Waals surface area (Å²) in [4.78, 5) is 72.8. The van der Waals surface area contributed by atoms with Crippen LogP contribution in [0.3, 0.4) is 0 Å². The molecule has 0 aromatic carbocycles. The zero-order valence-corrected chi connectivity index (χ0v) is 53.5.